The number of nitrogens with zero attached hydrogens (tertiary/aromatic N) is 3. The first-order valence-corrected chi connectivity index (χ1v) is 8.95. The molecule has 140 valence electrons. The van der Waals surface area contributed by atoms with E-state index in [0.717, 1.165) is 16.3 Å². The molecule has 0 saturated heterocycles. The molecule has 0 aliphatic carbocycles. The largest absolute Gasteiger partial charge is 0.480 e. The van der Waals surface area contributed by atoms with E-state index in [4.69, 9.17) is 4.74 Å². The van der Waals surface area contributed by atoms with Crippen LogP contribution < -0.4 is 10.1 Å². The monoisotopic (exact) mass is 373 g/mol. The van der Waals surface area contributed by atoms with Gasteiger partial charge in [-0.3, -0.25) is 4.79 Å². The van der Waals surface area contributed by atoms with E-state index < -0.39 is 12.1 Å². The topological polar surface area (TPSA) is 92.8 Å². The molecule has 1 heterocycles. The van der Waals surface area contributed by atoms with Gasteiger partial charge in [0.15, 0.2) is 6.10 Å². The number of amides is 1. The van der Waals surface area contributed by atoms with Crippen molar-refractivity contribution in [3.63, 3.8) is 0 Å². The van der Waals surface area contributed by atoms with Gasteiger partial charge in [0.1, 0.15) is 11.8 Å². The van der Waals surface area contributed by atoms with Gasteiger partial charge in [0.05, 0.1) is 0 Å². The van der Waals surface area contributed by atoms with E-state index in [1.54, 1.807) is 6.92 Å². The first-order valence-electron chi connectivity index (χ1n) is 8.95. The zero-order chi connectivity index (χ0) is 19.3. The minimum absolute atomic E-state index is 0.272. The minimum Gasteiger partial charge on any atom is -0.480 e. The number of carbonyl (C=O) groups is 1. The smallest absolute Gasteiger partial charge is 0.261 e. The maximum Gasteiger partial charge on any atom is 0.261 e. The summed E-state index contributed by atoms with van der Waals surface area (Å²) in [4.78, 5) is 12.8. The van der Waals surface area contributed by atoms with Gasteiger partial charge in [-0.25, -0.2) is 0 Å². The van der Waals surface area contributed by atoms with Crippen molar-refractivity contribution in [2.24, 2.45) is 0 Å². The lowest BCUT2D eigenvalue weighted by atomic mass is 10.1. The predicted molar refractivity (Wildman–Crippen MR) is 105 cm³/mol. The highest BCUT2D eigenvalue weighted by Gasteiger charge is 2.24. The zero-order valence-electron chi connectivity index (χ0n) is 15.2. The second-order valence-corrected chi connectivity index (χ2v) is 6.36. The molecule has 0 saturated carbocycles. The molecule has 28 heavy (non-hydrogen) atoms. The maximum absolute atomic E-state index is 12.8. The summed E-state index contributed by atoms with van der Waals surface area (Å²) in [5.41, 5.74) is 0.856. The fraction of sp³-hybridized carbons (Fsp3) is 0.143. The van der Waals surface area contributed by atoms with Crippen LogP contribution in [0, 0.1) is 0 Å². The number of tetrazole rings is 1. The number of benzene rings is 3. The Morgan fingerprint density at radius 1 is 1.00 bits per heavy atom. The van der Waals surface area contributed by atoms with Crippen LogP contribution in [0.3, 0.4) is 0 Å². The molecule has 0 spiro atoms. The van der Waals surface area contributed by atoms with Gasteiger partial charge in [-0.15, -0.1) is 10.2 Å². The van der Waals surface area contributed by atoms with E-state index in [1.807, 2.05) is 72.8 Å². The molecule has 0 fully saturated rings. The van der Waals surface area contributed by atoms with E-state index in [9.17, 15) is 4.79 Å². The summed E-state index contributed by atoms with van der Waals surface area (Å²) in [6, 6.07) is 22.7. The average Bonchev–Trinajstić information content (AvgIpc) is 3.27. The molecule has 3 aromatic carbocycles. The molecule has 7 heteroatoms. The van der Waals surface area contributed by atoms with E-state index in [-0.39, 0.29) is 5.91 Å². The summed E-state index contributed by atoms with van der Waals surface area (Å²) >= 11 is 0. The summed E-state index contributed by atoms with van der Waals surface area (Å²) in [5, 5.41) is 19.1. The molecule has 0 bridgehead atoms. The van der Waals surface area contributed by atoms with Crippen LogP contribution in [0.15, 0.2) is 72.8 Å². The quantitative estimate of drug-likeness (QED) is 0.542. The van der Waals surface area contributed by atoms with Crippen molar-refractivity contribution in [1.29, 1.82) is 0 Å². The highest BCUT2D eigenvalue weighted by atomic mass is 16.5. The Hall–Kier alpha value is -3.74. The fourth-order valence-corrected chi connectivity index (χ4v) is 3.04. The molecular formula is C21H19N5O2. The lowest BCUT2D eigenvalue weighted by Gasteiger charge is -2.20. The van der Waals surface area contributed by atoms with Crippen molar-refractivity contribution in [2.75, 3.05) is 0 Å². The molecule has 0 aliphatic heterocycles. The SMILES string of the molecule is CC(Oc1cccc2ccccc12)C(=O)NC(c1ccccc1)c1nn[nH]n1. The summed E-state index contributed by atoms with van der Waals surface area (Å²) in [5.74, 6) is 0.778. The molecular weight excluding hydrogens is 354 g/mol. The number of aromatic amines is 1. The van der Waals surface area contributed by atoms with Crippen molar-refractivity contribution < 1.29 is 9.53 Å². The third-order valence-corrected chi connectivity index (χ3v) is 4.46. The Morgan fingerprint density at radius 2 is 1.75 bits per heavy atom. The molecule has 1 amide bonds. The molecule has 2 N–H and O–H groups in total. The Balaban J connectivity index is 1.54. The van der Waals surface area contributed by atoms with Gasteiger partial charge < -0.3 is 10.1 Å². The third-order valence-electron chi connectivity index (χ3n) is 4.46. The number of carbonyl (C=O) groups excluding carboxylic acids is 1. The molecule has 2 unspecified atom stereocenters. The van der Waals surface area contributed by atoms with Gasteiger partial charge in [0.25, 0.3) is 5.91 Å². The molecule has 4 aromatic rings. The first kappa shape index (κ1) is 17.7. The Kier molecular flexibility index (Phi) is 4.97. The van der Waals surface area contributed by atoms with Crippen LogP contribution >= 0.6 is 0 Å². The number of H-pyrrole nitrogens is 1. The summed E-state index contributed by atoms with van der Waals surface area (Å²) < 4.78 is 5.97. The van der Waals surface area contributed by atoms with Crippen molar-refractivity contribution >= 4 is 16.7 Å². The van der Waals surface area contributed by atoms with Crippen molar-refractivity contribution in [3.05, 3.63) is 84.2 Å². The highest BCUT2D eigenvalue weighted by Crippen LogP contribution is 2.26. The van der Waals surface area contributed by atoms with Crippen LogP contribution in [-0.2, 0) is 4.79 Å². The number of hydrogen-bond donors (Lipinski definition) is 2. The van der Waals surface area contributed by atoms with Crippen molar-refractivity contribution in [3.8, 4) is 5.75 Å². The Morgan fingerprint density at radius 3 is 2.54 bits per heavy atom. The lowest BCUT2D eigenvalue weighted by molar-refractivity contribution is -0.127. The van der Waals surface area contributed by atoms with E-state index in [2.05, 4.69) is 25.9 Å². The van der Waals surface area contributed by atoms with Gasteiger partial charge in [-0.2, -0.15) is 5.21 Å². The standard InChI is InChI=1S/C21H19N5O2/c1-14(28-18-13-7-11-15-8-5-6-12-17(15)18)21(27)22-19(20-23-25-26-24-20)16-9-3-2-4-10-16/h2-14,19H,1H3,(H,22,27)(H,23,24,25,26). The third kappa shape index (κ3) is 3.68. The lowest BCUT2D eigenvalue weighted by Crippen LogP contribution is -2.39. The van der Waals surface area contributed by atoms with Gasteiger partial charge in [0.2, 0.25) is 5.82 Å². The van der Waals surface area contributed by atoms with Crippen LogP contribution in [0.2, 0.25) is 0 Å². The average molecular weight is 373 g/mol. The summed E-state index contributed by atoms with van der Waals surface area (Å²) in [6.45, 7) is 1.72. The van der Waals surface area contributed by atoms with E-state index in [1.165, 1.54) is 0 Å². The fourth-order valence-electron chi connectivity index (χ4n) is 3.04. The van der Waals surface area contributed by atoms with Crippen LogP contribution in [0.1, 0.15) is 24.4 Å². The number of fused-ring (bicyclic) bond motifs is 1. The van der Waals surface area contributed by atoms with Crippen LogP contribution in [0.25, 0.3) is 10.8 Å². The van der Waals surface area contributed by atoms with E-state index >= 15 is 0 Å². The van der Waals surface area contributed by atoms with Gasteiger partial charge >= 0.3 is 0 Å². The molecule has 2 atom stereocenters. The number of rotatable bonds is 6. The zero-order valence-corrected chi connectivity index (χ0v) is 15.2. The molecule has 1 aromatic heterocycles. The van der Waals surface area contributed by atoms with Crippen molar-refractivity contribution in [1.82, 2.24) is 25.9 Å². The predicted octanol–water partition coefficient (Wildman–Crippen LogP) is 3.03. The molecule has 0 radical (unpaired) electrons. The van der Waals surface area contributed by atoms with Gasteiger partial charge in [-0.05, 0) is 23.9 Å². The Bertz CT molecular complexity index is 1060. The maximum atomic E-state index is 12.8. The number of hydrogen-bond acceptors (Lipinski definition) is 5. The van der Waals surface area contributed by atoms with Crippen LogP contribution in [0.5, 0.6) is 5.75 Å². The van der Waals surface area contributed by atoms with Crippen LogP contribution in [-0.4, -0.2) is 32.6 Å². The number of aromatic nitrogens is 4. The van der Waals surface area contributed by atoms with E-state index in [0.29, 0.717) is 11.6 Å². The molecule has 0 aliphatic rings. The van der Waals surface area contributed by atoms with Crippen LogP contribution in [0.4, 0.5) is 0 Å². The number of nitrogens with one attached hydrogen (secondary N) is 2. The highest BCUT2D eigenvalue weighted by molar-refractivity contribution is 5.89. The minimum atomic E-state index is -0.705. The second-order valence-electron chi connectivity index (χ2n) is 6.36. The first-order chi connectivity index (χ1) is 13.7. The molecule has 7 nitrogen and oxygen atoms in total. The molecule has 4 rings (SSSR count). The normalized spacial score (nSPS) is 13.0. The number of ether oxygens (including phenoxy) is 1. The second kappa shape index (κ2) is 7.87. The van der Waals surface area contributed by atoms with Gasteiger partial charge in [0, 0.05) is 5.39 Å². The van der Waals surface area contributed by atoms with Gasteiger partial charge in [-0.1, -0.05) is 71.9 Å². The summed E-state index contributed by atoms with van der Waals surface area (Å²) in [6.07, 6.45) is -0.705. The summed E-state index contributed by atoms with van der Waals surface area (Å²) in [7, 11) is 0. The van der Waals surface area contributed by atoms with Crippen molar-refractivity contribution in [2.45, 2.75) is 19.1 Å². The Labute approximate surface area is 161 Å².